The second-order valence-corrected chi connectivity index (χ2v) is 6.50. The molecule has 1 unspecified atom stereocenters. The van der Waals surface area contributed by atoms with E-state index >= 15 is 0 Å². The predicted molar refractivity (Wildman–Crippen MR) is 92.9 cm³/mol. The number of benzene rings is 1. The first-order valence-corrected chi connectivity index (χ1v) is 8.36. The molecular weight excluding hydrogens is 365 g/mol. The molecule has 1 aliphatic rings. The van der Waals surface area contributed by atoms with Gasteiger partial charge in [-0.25, -0.2) is 0 Å². The number of aliphatic hydroxyl groups is 1. The zero-order chi connectivity index (χ0) is 14.4. The van der Waals surface area contributed by atoms with Crippen molar-refractivity contribution in [1.82, 2.24) is 12.9 Å². The third kappa shape index (κ3) is 4.14. The van der Waals surface area contributed by atoms with E-state index in [1.807, 2.05) is 0 Å². The summed E-state index contributed by atoms with van der Waals surface area (Å²) in [5.41, 5.74) is 2.72. The number of hydrogen-bond acceptors (Lipinski definition) is 3. The van der Waals surface area contributed by atoms with Crippen molar-refractivity contribution in [3.63, 3.8) is 0 Å². The molecule has 5 heteroatoms. The minimum Gasteiger partial charge on any atom is -0.395 e. The van der Waals surface area contributed by atoms with Gasteiger partial charge in [-0.2, -0.15) is 0 Å². The number of halogens is 1. The minimum atomic E-state index is 0.266. The van der Waals surface area contributed by atoms with Crippen molar-refractivity contribution in [2.45, 2.75) is 13.0 Å². The molecule has 0 spiro atoms. The van der Waals surface area contributed by atoms with Crippen LogP contribution in [0.25, 0.3) is 0 Å². The van der Waals surface area contributed by atoms with Gasteiger partial charge in [-0.3, -0.25) is 12.9 Å². The lowest BCUT2D eigenvalue weighted by Gasteiger charge is -2.33. The second-order valence-electron chi connectivity index (χ2n) is 5.74. The number of aliphatic hydroxyl groups excluding tert-OH is 1. The molecule has 4 nitrogen and oxygen atoms in total. The van der Waals surface area contributed by atoms with Crippen LogP contribution >= 0.6 is 22.9 Å². The summed E-state index contributed by atoms with van der Waals surface area (Å²) < 4.78 is 4.16. The molecule has 1 atom stereocenters. The predicted octanol–water partition coefficient (Wildman–Crippen LogP) is 1.76. The number of nitrogens with zero attached hydrogens (tertiary/aromatic N) is 2. The summed E-state index contributed by atoms with van der Waals surface area (Å²) in [6.45, 7) is 6.44. The fraction of sp³-hybridized carbons (Fsp3) is 0.600. The van der Waals surface area contributed by atoms with Gasteiger partial charge >= 0.3 is 0 Å². The summed E-state index contributed by atoms with van der Waals surface area (Å²) in [5, 5.41) is 9.09. The summed E-state index contributed by atoms with van der Waals surface area (Å²) >= 11 is 2.18. The molecule has 0 amide bonds. The highest BCUT2D eigenvalue weighted by molar-refractivity contribution is 14.1. The van der Waals surface area contributed by atoms with Crippen LogP contribution in [0, 0.1) is 0 Å². The SMILES string of the molecule is C[N+]1(c2ccc(CNI)cc2)CCCN(CCO)CC1. The lowest BCUT2D eigenvalue weighted by atomic mass is 10.1. The Hall–Kier alpha value is -0.210. The Bertz CT molecular complexity index is 412. The molecule has 0 bridgehead atoms. The van der Waals surface area contributed by atoms with Gasteiger partial charge in [-0.05, 0) is 17.7 Å². The van der Waals surface area contributed by atoms with Gasteiger partial charge in [0.1, 0.15) is 5.69 Å². The third-order valence-electron chi connectivity index (χ3n) is 4.28. The Kier molecular flexibility index (Phi) is 6.22. The van der Waals surface area contributed by atoms with Crippen molar-refractivity contribution in [3.05, 3.63) is 29.8 Å². The van der Waals surface area contributed by atoms with E-state index in [-0.39, 0.29) is 6.61 Å². The Balaban J connectivity index is 2.05. The average molecular weight is 390 g/mol. The molecule has 1 aromatic rings. The van der Waals surface area contributed by atoms with Crippen LogP contribution in [0.3, 0.4) is 0 Å². The van der Waals surface area contributed by atoms with Crippen LogP contribution in [0.2, 0.25) is 0 Å². The molecule has 0 radical (unpaired) electrons. The van der Waals surface area contributed by atoms with Crippen molar-refractivity contribution >= 4 is 28.6 Å². The van der Waals surface area contributed by atoms with Crippen molar-refractivity contribution in [2.24, 2.45) is 0 Å². The molecule has 0 aromatic heterocycles. The molecule has 1 aromatic carbocycles. The van der Waals surface area contributed by atoms with Gasteiger partial charge in [-0.1, -0.05) is 12.1 Å². The topological polar surface area (TPSA) is 35.5 Å². The van der Waals surface area contributed by atoms with Gasteiger partial charge < -0.3 is 5.11 Å². The number of β-amino-alcohol motifs (C(OH)–C–C–N with tert-alkyl or cyclic N) is 1. The van der Waals surface area contributed by atoms with Crippen LogP contribution < -0.4 is 8.01 Å². The summed E-state index contributed by atoms with van der Waals surface area (Å²) in [6, 6.07) is 8.98. The maximum atomic E-state index is 9.09. The van der Waals surface area contributed by atoms with E-state index in [0.29, 0.717) is 0 Å². The zero-order valence-corrected chi connectivity index (χ0v) is 14.3. The monoisotopic (exact) mass is 390 g/mol. The Morgan fingerprint density at radius 1 is 1.25 bits per heavy atom. The van der Waals surface area contributed by atoms with Gasteiger partial charge in [0.15, 0.2) is 0 Å². The van der Waals surface area contributed by atoms with Crippen LogP contribution in [0.1, 0.15) is 12.0 Å². The highest BCUT2D eigenvalue weighted by atomic mass is 127. The fourth-order valence-corrected chi connectivity index (χ4v) is 3.34. The molecule has 1 heterocycles. The standard InChI is InChI=1S/C15H25IN3O/c1-19(10-2-7-18(8-11-19)9-12-20)15-5-3-14(4-6-15)13-17-16/h3-6,17,20H,2,7-13H2,1H3/q+1. The first kappa shape index (κ1) is 16.2. The van der Waals surface area contributed by atoms with Crippen LogP contribution in [0.15, 0.2) is 24.3 Å². The van der Waals surface area contributed by atoms with Crippen LogP contribution in [0.5, 0.6) is 0 Å². The summed E-state index contributed by atoms with van der Waals surface area (Å²) in [5.74, 6) is 0. The molecular formula is C15H25IN3O+. The maximum absolute atomic E-state index is 9.09. The molecule has 0 aliphatic carbocycles. The number of hydrogen-bond donors (Lipinski definition) is 2. The minimum absolute atomic E-state index is 0.266. The number of quaternary nitrogens is 1. The highest BCUT2D eigenvalue weighted by Crippen LogP contribution is 2.24. The quantitative estimate of drug-likeness (QED) is 0.457. The first-order valence-electron chi connectivity index (χ1n) is 7.29. The van der Waals surface area contributed by atoms with Crippen molar-refractivity contribution < 1.29 is 5.11 Å². The van der Waals surface area contributed by atoms with Crippen LogP contribution in [-0.4, -0.2) is 56.4 Å². The fourth-order valence-electron chi connectivity index (χ4n) is 2.90. The van der Waals surface area contributed by atoms with Gasteiger partial charge in [0, 0.05) is 55.5 Å². The second kappa shape index (κ2) is 7.70. The largest absolute Gasteiger partial charge is 0.395 e. The van der Waals surface area contributed by atoms with E-state index < -0.39 is 0 Å². The van der Waals surface area contributed by atoms with E-state index in [9.17, 15) is 0 Å². The van der Waals surface area contributed by atoms with Crippen molar-refractivity contribution in [3.8, 4) is 0 Å². The molecule has 2 rings (SSSR count). The maximum Gasteiger partial charge on any atom is 0.132 e. The molecule has 1 aliphatic heterocycles. The lowest BCUT2D eigenvalue weighted by Crippen LogP contribution is -2.47. The van der Waals surface area contributed by atoms with Gasteiger partial charge in [0.05, 0.1) is 26.7 Å². The number of rotatable bonds is 5. The first-order chi connectivity index (χ1) is 9.68. The molecule has 1 fully saturated rings. The molecule has 20 heavy (non-hydrogen) atoms. The third-order valence-corrected chi connectivity index (χ3v) is 4.66. The summed E-state index contributed by atoms with van der Waals surface area (Å²) in [7, 11) is 2.33. The van der Waals surface area contributed by atoms with E-state index in [1.54, 1.807) is 0 Å². The van der Waals surface area contributed by atoms with Crippen LogP contribution in [-0.2, 0) is 6.54 Å². The zero-order valence-electron chi connectivity index (χ0n) is 12.2. The average Bonchev–Trinajstić information content (AvgIpc) is 2.64. The lowest BCUT2D eigenvalue weighted by molar-refractivity contribution is 0.200. The van der Waals surface area contributed by atoms with Gasteiger partial charge in [0.25, 0.3) is 0 Å². The molecule has 0 saturated carbocycles. The molecule has 112 valence electrons. The number of likely N-dealkylation sites (N-methyl/N-ethyl adjacent to an activating group) is 1. The van der Waals surface area contributed by atoms with E-state index in [1.165, 1.54) is 24.2 Å². The highest BCUT2D eigenvalue weighted by Gasteiger charge is 2.28. The smallest absolute Gasteiger partial charge is 0.132 e. The summed E-state index contributed by atoms with van der Waals surface area (Å²) in [6.07, 6.45) is 1.19. The normalized spacial score (nSPS) is 24.6. The van der Waals surface area contributed by atoms with E-state index in [0.717, 1.165) is 37.2 Å². The number of nitrogens with one attached hydrogen (secondary N) is 1. The van der Waals surface area contributed by atoms with Gasteiger partial charge in [-0.15, -0.1) is 0 Å². The van der Waals surface area contributed by atoms with Crippen LogP contribution in [0.4, 0.5) is 5.69 Å². The Morgan fingerprint density at radius 3 is 2.65 bits per heavy atom. The summed E-state index contributed by atoms with van der Waals surface area (Å²) in [4.78, 5) is 2.37. The van der Waals surface area contributed by atoms with E-state index in [2.05, 4.69) is 62.6 Å². The molecule has 2 N–H and O–H groups in total. The van der Waals surface area contributed by atoms with Gasteiger partial charge in [0.2, 0.25) is 0 Å². The van der Waals surface area contributed by atoms with Crippen molar-refractivity contribution in [2.75, 3.05) is 46.4 Å². The van der Waals surface area contributed by atoms with Crippen molar-refractivity contribution in [1.29, 1.82) is 0 Å². The Labute approximate surface area is 135 Å². The van der Waals surface area contributed by atoms with E-state index in [4.69, 9.17) is 5.11 Å². The molecule has 1 saturated heterocycles. The Morgan fingerprint density at radius 2 is 2.00 bits per heavy atom.